The maximum atomic E-state index is 12.9. The maximum Gasteiger partial charge on any atom is 0.225 e. The fourth-order valence-corrected chi connectivity index (χ4v) is 4.68. The molecule has 2 aromatic carbocycles. The van der Waals surface area contributed by atoms with Crippen LogP contribution in [0.15, 0.2) is 42.5 Å². The summed E-state index contributed by atoms with van der Waals surface area (Å²) in [5.41, 5.74) is 6.77. The molecule has 4 aromatic rings. The Labute approximate surface area is 169 Å². The van der Waals surface area contributed by atoms with Gasteiger partial charge >= 0.3 is 0 Å². The molecule has 0 aliphatic heterocycles. The summed E-state index contributed by atoms with van der Waals surface area (Å²) in [5, 5.41) is 5.61. The van der Waals surface area contributed by atoms with Gasteiger partial charge in [-0.1, -0.05) is 18.2 Å². The van der Waals surface area contributed by atoms with Crippen molar-refractivity contribution in [2.24, 2.45) is 0 Å². The fraction of sp³-hybridized carbons (Fsp3) is 0.292. The van der Waals surface area contributed by atoms with Gasteiger partial charge in [-0.3, -0.25) is 4.79 Å². The molecule has 0 unspecified atom stereocenters. The smallest absolute Gasteiger partial charge is 0.225 e. The molecule has 2 heterocycles. The van der Waals surface area contributed by atoms with E-state index in [0.717, 1.165) is 58.4 Å². The lowest BCUT2D eigenvalue weighted by molar-refractivity contribution is -0.121. The van der Waals surface area contributed by atoms with Crippen molar-refractivity contribution in [3.63, 3.8) is 0 Å². The first-order chi connectivity index (χ1) is 14.1. The number of rotatable bonds is 4. The van der Waals surface area contributed by atoms with Gasteiger partial charge in [-0.2, -0.15) is 0 Å². The molecule has 0 saturated heterocycles. The fourth-order valence-electron chi connectivity index (χ4n) is 4.68. The highest BCUT2D eigenvalue weighted by atomic mass is 16.5. The third-order valence-corrected chi connectivity index (χ3v) is 6.11. The summed E-state index contributed by atoms with van der Waals surface area (Å²) in [7, 11) is 1.69. The number of nitrogens with one attached hydrogen (secondary N) is 3. The third-order valence-electron chi connectivity index (χ3n) is 6.11. The van der Waals surface area contributed by atoms with Gasteiger partial charge in [-0.15, -0.1) is 0 Å². The minimum absolute atomic E-state index is 0.0233. The van der Waals surface area contributed by atoms with Gasteiger partial charge in [0.15, 0.2) is 0 Å². The molecule has 0 bridgehead atoms. The van der Waals surface area contributed by atoms with Gasteiger partial charge in [0.05, 0.1) is 19.6 Å². The summed E-state index contributed by atoms with van der Waals surface area (Å²) < 4.78 is 5.39. The summed E-state index contributed by atoms with van der Waals surface area (Å²) >= 11 is 0. The molecule has 3 N–H and O–H groups in total. The first-order valence-corrected chi connectivity index (χ1v) is 10.2. The zero-order valence-electron chi connectivity index (χ0n) is 16.8. The minimum Gasteiger partial charge on any atom is -0.497 e. The maximum absolute atomic E-state index is 12.9. The predicted octanol–water partition coefficient (Wildman–Crippen LogP) is 4.70. The minimum atomic E-state index is 0.0233. The lowest BCUT2D eigenvalue weighted by atomic mass is 9.91. The summed E-state index contributed by atoms with van der Waals surface area (Å²) in [6.07, 6.45) is 3.43. The second kappa shape index (κ2) is 6.99. The van der Waals surface area contributed by atoms with Gasteiger partial charge < -0.3 is 20.0 Å². The van der Waals surface area contributed by atoms with Crippen LogP contribution in [0.1, 0.15) is 41.4 Å². The number of aromatic nitrogens is 2. The Bertz CT molecular complexity index is 1220. The number of aromatic amines is 2. The van der Waals surface area contributed by atoms with E-state index in [2.05, 4.69) is 39.6 Å². The monoisotopic (exact) mass is 387 g/mol. The highest BCUT2D eigenvalue weighted by molar-refractivity contribution is 5.91. The molecule has 148 valence electrons. The molecule has 5 rings (SSSR count). The molecule has 0 fully saturated rings. The van der Waals surface area contributed by atoms with Crippen molar-refractivity contribution >= 4 is 27.7 Å². The van der Waals surface area contributed by atoms with E-state index < -0.39 is 0 Å². The molecule has 0 saturated carbocycles. The second-order valence-corrected chi connectivity index (χ2v) is 7.89. The normalized spacial score (nSPS) is 16.1. The molecule has 1 atom stereocenters. The van der Waals surface area contributed by atoms with Crippen molar-refractivity contribution in [2.75, 3.05) is 7.11 Å². The Morgan fingerprint density at radius 2 is 1.97 bits per heavy atom. The summed E-state index contributed by atoms with van der Waals surface area (Å²) in [6.45, 7) is 2.03. The third kappa shape index (κ3) is 3.07. The molecule has 29 heavy (non-hydrogen) atoms. The van der Waals surface area contributed by atoms with Crippen LogP contribution < -0.4 is 10.1 Å². The molecule has 5 nitrogen and oxygen atoms in total. The molecular formula is C24H25N3O2. The van der Waals surface area contributed by atoms with Crippen molar-refractivity contribution in [1.29, 1.82) is 0 Å². The van der Waals surface area contributed by atoms with Crippen molar-refractivity contribution in [3.05, 3.63) is 65.0 Å². The molecule has 1 amide bonds. The number of amides is 1. The van der Waals surface area contributed by atoms with Crippen molar-refractivity contribution < 1.29 is 9.53 Å². The van der Waals surface area contributed by atoms with Gasteiger partial charge in [0.25, 0.3) is 0 Å². The van der Waals surface area contributed by atoms with Gasteiger partial charge in [-0.05, 0) is 61.6 Å². The van der Waals surface area contributed by atoms with E-state index in [-0.39, 0.29) is 11.9 Å². The number of para-hydroxylation sites is 1. The summed E-state index contributed by atoms with van der Waals surface area (Å²) in [4.78, 5) is 19.9. The van der Waals surface area contributed by atoms with Gasteiger partial charge in [0.1, 0.15) is 5.75 Å². The van der Waals surface area contributed by atoms with Gasteiger partial charge in [0.2, 0.25) is 5.91 Å². The first-order valence-electron chi connectivity index (χ1n) is 10.2. The number of fused-ring (bicyclic) bond motifs is 4. The molecule has 0 spiro atoms. The Morgan fingerprint density at radius 3 is 2.83 bits per heavy atom. The van der Waals surface area contributed by atoms with E-state index >= 15 is 0 Å². The van der Waals surface area contributed by atoms with Crippen molar-refractivity contribution in [2.45, 2.75) is 38.6 Å². The first kappa shape index (κ1) is 17.9. The van der Waals surface area contributed by atoms with Crippen LogP contribution in [0.2, 0.25) is 0 Å². The Hall–Kier alpha value is -3.21. The van der Waals surface area contributed by atoms with E-state index in [1.165, 1.54) is 10.9 Å². The largest absolute Gasteiger partial charge is 0.497 e. The summed E-state index contributed by atoms with van der Waals surface area (Å²) in [5.74, 6) is 0.923. The number of aryl methyl sites for hydroxylation is 2. The molecule has 2 aromatic heterocycles. The average molecular weight is 387 g/mol. The Kier molecular flexibility index (Phi) is 4.31. The van der Waals surface area contributed by atoms with E-state index in [0.29, 0.717) is 6.42 Å². The zero-order valence-corrected chi connectivity index (χ0v) is 16.8. The number of carbonyl (C=O) groups is 1. The number of ether oxygens (including phenoxy) is 1. The number of carbonyl (C=O) groups excluding carboxylic acids is 1. The topological polar surface area (TPSA) is 69.9 Å². The highest BCUT2D eigenvalue weighted by Crippen LogP contribution is 2.36. The zero-order chi connectivity index (χ0) is 20.0. The van der Waals surface area contributed by atoms with Crippen LogP contribution in [0.25, 0.3) is 21.8 Å². The SMILES string of the molecule is COc1ccc2[nH]c3c(c2c1)CCC[C@@H]3NC(=O)Cc1c(C)[nH]c2ccccc12. The van der Waals surface area contributed by atoms with Crippen molar-refractivity contribution in [3.8, 4) is 5.75 Å². The van der Waals surface area contributed by atoms with Crippen LogP contribution in [0.3, 0.4) is 0 Å². The Balaban J connectivity index is 1.41. The quantitative estimate of drug-likeness (QED) is 0.475. The van der Waals surface area contributed by atoms with Gasteiger partial charge in [-0.25, -0.2) is 0 Å². The van der Waals surface area contributed by atoms with E-state index in [4.69, 9.17) is 4.74 Å². The number of methoxy groups -OCH3 is 1. The molecule has 1 aliphatic carbocycles. The number of hydrogen-bond acceptors (Lipinski definition) is 2. The van der Waals surface area contributed by atoms with Crippen LogP contribution in [0.4, 0.5) is 0 Å². The van der Waals surface area contributed by atoms with Crippen LogP contribution in [0, 0.1) is 6.92 Å². The molecule has 1 aliphatic rings. The van der Waals surface area contributed by atoms with Gasteiger partial charge in [0, 0.05) is 33.2 Å². The van der Waals surface area contributed by atoms with Crippen LogP contribution in [-0.2, 0) is 17.6 Å². The number of hydrogen-bond donors (Lipinski definition) is 3. The average Bonchev–Trinajstić information content (AvgIpc) is 3.26. The lowest BCUT2D eigenvalue weighted by Crippen LogP contribution is -2.32. The van der Waals surface area contributed by atoms with Crippen LogP contribution in [0.5, 0.6) is 5.75 Å². The second-order valence-electron chi connectivity index (χ2n) is 7.89. The van der Waals surface area contributed by atoms with E-state index in [1.807, 2.05) is 25.1 Å². The number of H-pyrrole nitrogens is 2. The lowest BCUT2D eigenvalue weighted by Gasteiger charge is -2.24. The standard InChI is InChI=1S/C24H25N3O2/c1-14-18(16-6-3-4-8-20(16)25-14)13-23(28)26-22-9-5-7-17-19-12-15(29-2)10-11-21(19)27-24(17)22/h3-4,6,8,10-12,22,25,27H,5,7,9,13H2,1-2H3,(H,26,28)/t22-/m0/s1. The number of benzene rings is 2. The molecular weight excluding hydrogens is 362 g/mol. The Morgan fingerprint density at radius 1 is 1.14 bits per heavy atom. The predicted molar refractivity (Wildman–Crippen MR) is 115 cm³/mol. The molecule has 0 radical (unpaired) electrons. The van der Waals surface area contributed by atoms with E-state index in [9.17, 15) is 4.79 Å². The molecule has 5 heteroatoms. The summed E-state index contributed by atoms with van der Waals surface area (Å²) in [6, 6.07) is 14.3. The van der Waals surface area contributed by atoms with Crippen LogP contribution >= 0.6 is 0 Å². The van der Waals surface area contributed by atoms with Crippen LogP contribution in [-0.4, -0.2) is 23.0 Å². The highest BCUT2D eigenvalue weighted by Gasteiger charge is 2.26. The van der Waals surface area contributed by atoms with Crippen molar-refractivity contribution in [1.82, 2.24) is 15.3 Å². The van der Waals surface area contributed by atoms with E-state index in [1.54, 1.807) is 7.11 Å².